The number of carbonyl (C=O) groups excluding carboxylic acids is 2. The van der Waals surface area contributed by atoms with Crippen LogP contribution in [0.5, 0.6) is 0 Å². The molecule has 0 aromatic carbocycles. The highest BCUT2D eigenvalue weighted by molar-refractivity contribution is 5.88. The third-order valence-corrected chi connectivity index (χ3v) is 3.97. The van der Waals surface area contributed by atoms with Crippen molar-refractivity contribution in [3.05, 3.63) is 22.1 Å². The molecule has 126 valence electrons. The summed E-state index contributed by atoms with van der Waals surface area (Å²) in [6.07, 6.45) is 3.98. The predicted octanol–water partition coefficient (Wildman–Crippen LogP) is 1.09. The van der Waals surface area contributed by atoms with E-state index in [0.29, 0.717) is 18.7 Å². The average Bonchev–Trinajstić information content (AvgIpc) is 3.08. The Morgan fingerprint density at radius 1 is 1.48 bits per heavy atom. The first-order valence-corrected chi connectivity index (χ1v) is 7.54. The minimum Gasteiger partial charge on any atom is -0.464 e. The summed E-state index contributed by atoms with van der Waals surface area (Å²) in [4.78, 5) is 38.3. The van der Waals surface area contributed by atoms with Crippen LogP contribution in [0.4, 0.5) is 5.82 Å². The van der Waals surface area contributed by atoms with Gasteiger partial charge in [0.05, 0.1) is 6.61 Å². The smallest absolute Gasteiger partial charge is 0.381 e. The standard InChI is InChI=1S/C14H20N4O5/c1-3-23-13(20)14(6-4-5-7-14)16-12(19)9-17-8-11(18(21)22)15-10(17)2/h8H,3-7,9H2,1-2H3,(H,16,19). The Labute approximate surface area is 133 Å². The number of nitrogens with one attached hydrogen (secondary N) is 1. The van der Waals surface area contributed by atoms with Gasteiger partial charge in [-0.1, -0.05) is 12.8 Å². The lowest BCUT2D eigenvalue weighted by molar-refractivity contribution is -0.389. The highest BCUT2D eigenvalue weighted by Gasteiger charge is 2.43. The average molecular weight is 324 g/mol. The molecular weight excluding hydrogens is 304 g/mol. The van der Waals surface area contributed by atoms with Crippen LogP contribution < -0.4 is 5.32 Å². The molecule has 0 unspecified atom stereocenters. The summed E-state index contributed by atoms with van der Waals surface area (Å²) in [5.41, 5.74) is -0.979. The lowest BCUT2D eigenvalue weighted by Crippen LogP contribution is -2.54. The van der Waals surface area contributed by atoms with Gasteiger partial charge in [0.25, 0.3) is 0 Å². The molecule has 2 rings (SSSR count). The van der Waals surface area contributed by atoms with Crippen LogP contribution in [0.25, 0.3) is 0 Å². The molecule has 1 aromatic heterocycles. The van der Waals surface area contributed by atoms with E-state index in [-0.39, 0.29) is 19.0 Å². The summed E-state index contributed by atoms with van der Waals surface area (Å²) in [5, 5.41) is 13.5. The van der Waals surface area contributed by atoms with Crippen molar-refractivity contribution in [2.24, 2.45) is 0 Å². The number of hydrogen-bond acceptors (Lipinski definition) is 6. The van der Waals surface area contributed by atoms with Gasteiger partial charge in [-0.25, -0.2) is 4.79 Å². The van der Waals surface area contributed by atoms with E-state index in [1.54, 1.807) is 13.8 Å². The fourth-order valence-electron chi connectivity index (χ4n) is 2.83. The number of imidazole rings is 1. The Bertz CT molecular complexity index is 619. The molecule has 1 saturated carbocycles. The van der Waals surface area contributed by atoms with Crippen LogP contribution in [-0.2, 0) is 20.9 Å². The molecule has 0 spiro atoms. The van der Waals surface area contributed by atoms with Crippen molar-refractivity contribution < 1.29 is 19.2 Å². The fourth-order valence-corrected chi connectivity index (χ4v) is 2.83. The first-order valence-electron chi connectivity index (χ1n) is 7.54. The maximum absolute atomic E-state index is 12.3. The fraction of sp³-hybridized carbons (Fsp3) is 0.643. The molecular formula is C14H20N4O5. The van der Waals surface area contributed by atoms with Crippen molar-refractivity contribution in [1.82, 2.24) is 14.9 Å². The van der Waals surface area contributed by atoms with E-state index in [1.807, 2.05) is 0 Å². The molecule has 1 amide bonds. The molecule has 1 aliphatic rings. The molecule has 1 heterocycles. The zero-order valence-electron chi connectivity index (χ0n) is 13.2. The van der Waals surface area contributed by atoms with Crippen LogP contribution >= 0.6 is 0 Å². The molecule has 9 heteroatoms. The highest BCUT2D eigenvalue weighted by atomic mass is 16.6. The van der Waals surface area contributed by atoms with Crippen molar-refractivity contribution in [2.75, 3.05) is 6.61 Å². The lowest BCUT2D eigenvalue weighted by atomic mass is 9.97. The largest absolute Gasteiger partial charge is 0.464 e. The third-order valence-electron chi connectivity index (χ3n) is 3.97. The van der Waals surface area contributed by atoms with Gasteiger partial charge in [0.15, 0.2) is 0 Å². The summed E-state index contributed by atoms with van der Waals surface area (Å²) in [6, 6.07) is 0. The zero-order valence-corrected chi connectivity index (χ0v) is 13.2. The summed E-state index contributed by atoms with van der Waals surface area (Å²) in [7, 11) is 0. The Morgan fingerprint density at radius 2 is 2.13 bits per heavy atom. The molecule has 0 aliphatic heterocycles. The van der Waals surface area contributed by atoms with E-state index >= 15 is 0 Å². The van der Waals surface area contributed by atoms with E-state index < -0.39 is 22.3 Å². The third kappa shape index (κ3) is 3.66. The van der Waals surface area contributed by atoms with E-state index in [1.165, 1.54) is 10.8 Å². The number of amides is 1. The first-order chi connectivity index (χ1) is 10.9. The number of aryl methyl sites for hydroxylation is 1. The number of hydrogen-bond donors (Lipinski definition) is 1. The lowest BCUT2D eigenvalue weighted by Gasteiger charge is -2.27. The van der Waals surface area contributed by atoms with Gasteiger partial charge in [-0.3, -0.25) is 9.36 Å². The van der Waals surface area contributed by atoms with Gasteiger partial charge in [-0.2, -0.15) is 0 Å². The quantitative estimate of drug-likeness (QED) is 0.475. The minimum atomic E-state index is -0.979. The monoisotopic (exact) mass is 324 g/mol. The van der Waals surface area contributed by atoms with Crippen LogP contribution in [-0.4, -0.2) is 38.5 Å². The normalized spacial score (nSPS) is 16.1. The summed E-state index contributed by atoms with van der Waals surface area (Å²) in [6.45, 7) is 3.42. The number of ether oxygens (including phenoxy) is 1. The number of esters is 1. The number of carbonyl (C=O) groups is 2. The summed E-state index contributed by atoms with van der Waals surface area (Å²) < 4.78 is 6.47. The highest BCUT2D eigenvalue weighted by Crippen LogP contribution is 2.31. The van der Waals surface area contributed by atoms with Gasteiger partial charge in [-0.05, 0) is 29.7 Å². The molecule has 23 heavy (non-hydrogen) atoms. The number of rotatable bonds is 6. The Kier molecular flexibility index (Phi) is 4.97. The maximum atomic E-state index is 12.3. The molecule has 0 bridgehead atoms. The molecule has 1 aliphatic carbocycles. The second-order valence-corrected chi connectivity index (χ2v) is 5.59. The Morgan fingerprint density at radius 3 is 2.65 bits per heavy atom. The molecule has 0 atom stereocenters. The SMILES string of the molecule is CCOC(=O)C1(NC(=O)Cn2cc([N+](=O)[O-])nc2C)CCCC1. The Balaban J connectivity index is 2.08. The van der Waals surface area contributed by atoms with Crippen LogP contribution in [0, 0.1) is 17.0 Å². The van der Waals surface area contributed by atoms with E-state index in [2.05, 4.69) is 10.3 Å². The number of nitro groups is 1. The zero-order chi connectivity index (χ0) is 17.0. The minimum absolute atomic E-state index is 0.131. The van der Waals surface area contributed by atoms with Crippen LogP contribution in [0.3, 0.4) is 0 Å². The van der Waals surface area contributed by atoms with Crippen molar-refractivity contribution in [2.45, 2.75) is 51.6 Å². The predicted molar refractivity (Wildman–Crippen MR) is 79.6 cm³/mol. The summed E-state index contributed by atoms with van der Waals surface area (Å²) in [5.74, 6) is -0.755. The van der Waals surface area contributed by atoms with Crippen molar-refractivity contribution in [1.29, 1.82) is 0 Å². The van der Waals surface area contributed by atoms with E-state index in [0.717, 1.165) is 12.8 Å². The van der Waals surface area contributed by atoms with Crippen molar-refractivity contribution in [3.63, 3.8) is 0 Å². The van der Waals surface area contributed by atoms with Crippen LogP contribution in [0.15, 0.2) is 6.20 Å². The first kappa shape index (κ1) is 16.9. The maximum Gasteiger partial charge on any atom is 0.381 e. The van der Waals surface area contributed by atoms with Crippen LogP contribution in [0.1, 0.15) is 38.4 Å². The number of nitrogens with zero attached hydrogens (tertiary/aromatic N) is 3. The molecule has 0 radical (unpaired) electrons. The molecule has 0 saturated heterocycles. The topological polar surface area (TPSA) is 116 Å². The summed E-state index contributed by atoms with van der Waals surface area (Å²) >= 11 is 0. The van der Waals surface area contributed by atoms with Crippen molar-refractivity contribution >= 4 is 17.7 Å². The molecule has 9 nitrogen and oxygen atoms in total. The molecule has 1 aromatic rings. The van der Waals surface area contributed by atoms with Gasteiger partial charge >= 0.3 is 11.8 Å². The molecule has 1 N–H and O–H groups in total. The van der Waals surface area contributed by atoms with Crippen molar-refractivity contribution in [3.8, 4) is 0 Å². The van der Waals surface area contributed by atoms with E-state index in [4.69, 9.17) is 4.74 Å². The van der Waals surface area contributed by atoms with Gasteiger partial charge in [-0.15, -0.1) is 0 Å². The number of aromatic nitrogens is 2. The van der Waals surface area contributed by atoms with E-state index in [9.17, 15) is 19.7 Å². The van der Waals surface area contributed by atoms with Crippen LogP contribution in [0.2, 0.25) is 0 Å². The van der Waals surface area contributed by atoms with Gasteiger partial charge < -0.3 is 20.2 Å². The molecule has 1 fully saturated rings. The second-order valence-electron chi connectivity index (χ2n) is 5.59. The van der Waals surface area contributed by atoms with Gasteiger partial charge in [0.2, 0.25) is 11.7 Å². The van der Waals surface area contributed by atoms with Gasteiger partial charge in [0, 0.05) is 6.92 Å². The Hall–Kier alpha value is -2.45. The van der Waals surface area contributed by atoms with Gasteiger partial charge in [0.1, 0.15) is 18.3 Å². The second kappa shape index (κ2) is 6.76.